The van der Waals surface area contributed by atoms with Gasteiger partial charge in [0.25, 0.3) is 5.91 Å². The molecule has 0 bridgehead atoms. The van der Waals surface area contributed by atoms with E-state index >= 15 is 0 Å². The van der Waals surface area contributed by atoms with Crippen LogP contribution in [0.2, 0.25) is 5.02 Å². The predicted octanol–water partition coefficient (Wildman–Crippen LogP) is 5.32. The first-order valence-corrected chi connectivity index (χ1v) is 9.85. The van der Waals surface area contributed by atoms with Gasteiger partial charge >= 0.3 is 12.4 Å². The lowest BCUT2D eigenvalue weighted by Gasteiger charge is -2.13. The van der Waals surface area contributed by atoms with Crippen molar-refractivity contribution in [3.63, 3.8) is 0 Å². The molecule has 184 valence electrons. The lowest BCUT2D eigenvalue weighted by Crippen LogP contribution is -2.16. The molecule has 1 amide bonds. The number of halogens is 7. The molecule has 2 aromatic rings. The van der Waals surface area contributed by atoms with Crippen molar-refractivity contribution in [2.24, 2.45) is 0 Å². The maximum atomic E-state index is 12.3. The van der Waals surface area contributed by atoms with Gasteiger partial charge in [-0.25, -0.2) is 0 Å². The molecule has 0 radical (unpaired) electrons. The zero-order valence-corrected chi connectivity index (χ0v) is 17.8. The van der Waals surface area contributed by atoms with Crippen LogP contribution in [0.4, 0.5) is 32.0 Å². The molecule has 0 aliphatic heterocycles. The van der Waals surface area contributed by atoms with Crippen LogP contribution in [0.5, 0.6) is 5.75 Å². The number of aromatic nitrogens is 1. The van der Waals surface area contributed by atoms with E-state index in [0.29, 0.717) is 0 Å². The smallest absolute Gasteiger partial charge is 0.389 e. The van der Waals surface area contributed by atoms with Crippen LogP contribution >= 0.6 is 11.6 Å². The minimum absolute atomic E-state index is 0.0667. The highest BCUT2D eigenvalue weighted by Gasteiger charge is 2.26. The van der Waals surface area contributed by atoms with Crippen molar-refractivity contribution in [3.05, 3.63) is 57.5 Å². The second kappa shape index (κ2) is 13.1. The van der Waals surface area contributed by atoms with E-state index in [1.807, 2.05) is 0 Å². The summed E-state index contributed by atoms with van der Waals surface area (Å²) in [5.41, 5.74) is -0.0269. The summed E-state index contributed by atoms with van der Waals surface area (Å²) >= 11 is 5.85. The molecule has 0 aliphatic rings. The maximum absolute atomic E-state index is 12.3. The molecular weight excluding hydrogens is 482 g/mol. The first-order valence-electron chi connectivity index (χ1n) is 9.47. The fourth-order valence-electron chi connectivity index (χ4n) is 2.26. The Morgan fingerprint density at radius 1 is 1.03 bits per heavy atom. The Bertz CT molecular complexity index is 947. The Labute approximate surface area is 189 Å². The largest absolute Gasteiger partial charge is 0.493 e. The van der Waals surface area contributed by atoms with Crippen molar-refractivity contribution in [1.82, 2.24) is 4.98 Å². The summed E-state index contributed by atoms with van der Waals surface area (Å²) in [6.45, 7) is -0.607. The first kappa shape index (κ1) is 28.3. The molecule has 2 rings (SSSR count). The molecule has 1 aromatic heterocycles. The number of carbonyl (C=O) groups is 1. The number of alkyl halides is 6. The zero-order chi connectivity index (χ0) is 25.1. The minimum Gasteiger partial charge on any atom is -0.493 e. The van der Waals surface area contributed by atoms with Crippen molar-refractivity contribution < 1.29 is 41.0 Å². The van der Waals surface area contributed by atoms with Crippen LogP contribution in [0.15, 0.2) is 41.3 Å². The molecule has 0 saturated heterocycles. The minimum atomic E-state index is -4.27. The normalized spacial score (nSPS) is 11.4. The van der Waals surface area contributed by atoms with Gasteiger partial charge in [-0.2, -0.15) is 26.3 Å². The van der Waals surface area contributed by atoms with E-state index in [1.54, 1.807) is 0 Å². The van der Waals surface area contributed by atoms with Crippen molar-refractivity contribution >= 4 is 23.2 Å². The van der Waals surface area contributed by atoms with Crippen LogP contribution in [0.25, 0.3) is 0 Å². The third kappa shape index (κ3) is 12.8. The lowest BCUT2D eigenvalue weighted by molar-refractivity contribution is -0.137. The third-order valence-electron chi connectivity index (χ3n) is 3.70. The van der Waals surface area contributed by atoms with Crippen LogP contribution in [0.3, 0.4) is 0 Å². The summed E-state index contributed by atoms with van der Waals surface area (Å²) in [5, 5.41) is 10.7. The fourth-order valence-corrected chi connectivity index (χ4v) is 2.42. The molecule has 33 heavy (non-hydrogen) atoms. The molecule has 0 unspecified atom stereocenters. The SMILES string of the molecule is O=C(Nc1cc[nH]c(=O)c1)c1ccc(Cl)cc1OCCCC(F)(F)F.OCCCC(F)(F)F. The molecule has 13 heteroatoms. The van der Waals surface area contributed by atoms with Crippen LogP contribution in [0, 0.1) is 0 Å². The van der Waals surface area contributed by atoms with Gasteiger partial charge in [-0.3, -0.25) is 9.59 Å². The van der Waals surface area contributed by atoms with Gasteiger partial charge in [-0.15, -0.1) is 0 Å². The van der Waals surface area contributed by atoms with E-state index in [9.17, 15) is 35.9 Å². The van der Waals surface area contributed by atoms with Gasteiger partial charge in [-0.05, 0) is 37.1 Å². The van der Waals surface area contributed by atoms with E-state index in [2.05, 4.69) is 10.3 Å². The average molecular weight is 503 g/mol. The van der Waals surface area contributed by atoms with Crippen LogP contribution in [-0.4, -0.2) is 41.6 Å². The average Bonchev–Trinajstić information content (AvgIpc) is 2.69. The highest BCUT2D eigenvalue weighted by Crippen LogP contribution is 2.26. The molecule has 0 atom stereocenters. The van der Waals surface area contributed by atoms with Crippen LogP contribution in [0.1, 0.15) is 36.0 Å². The number of pyridine rings is 1. The Morgan fingerprint density at radius 3 is 2.21 bits per heavy atom. The number of nitrogens with one attached hydrogen (secondary N) is 2. The second-order valence-electron chi connectivity index (χ2n) is 6.55. The number of rotatable bonds is 8. The summed E-state index contributed by atoms with van der Waals surface area (Å²) in [7, 11) is 0. The molecule has 1 heterocycles. The van der Waals surface area contributed by atoms with E-state index < -0.39 is 36.7 Å². The van der Waals surface area contributed by atoms with Gasteiger partial charge in [0, 0.05) is 42.4 Å². The number of hydrogen-bond acceptors (Lipinski definition) is 4. The number of ether oxygens (including phenoxy) is 1. The van der Waals surface area contributed by atoms with Crippen LogP contribution in [-0.2, 0) is 0 Å². The molecular formula is C20H21ClF6N2O4. The molecule has 0 aliphatic carbocycles. The molecule has 0 spiro atoms. The van der Waals surface area contributed by atoms with E-state index in [4.69, 9.17) is 21.4 Å². The number of benzene rings is 1. The Balaban J connectivity index is 0.000000582. The zero-order valence-electron chi connectivity index (χ0n) is 17.0. The number of anilines is 1. The van der Waals surface area contributed by atoms with E-state index in [0.717, 1.165) is 0 Å². The fraction of sp³-hybridized carbons (Fsp3) is 0.400. The monoisotopic (exact) mass is 502 g/mol. The Morgan fingerprint density at radius 2 is 1.67 bits per heavy atom. The van der Waals surface area contributed by atoms with Gasteiger partial charge in [0.2, 0.25) is 5.56 Å². The topological polar surface area (TPSA) is 91.4 Å². The van der Waals surface area contributed by atoms with Crippen LogP contribution < -0.4 is 15.6 Å². The lowest BCUT2D eigenvalue weighted by atomic mass is 10.2. The van der Waals surface area contributed by atoms with Crippen molar-refractivity contribution in [2.75, 3.05) is 18.5 Å². The van der Waals surface area contributed by atoms with E-state index in [-0.39, 0.29) is 48.1 Å². The molecule has 6 nitrogen and oxygen atoms in total. The Hall–Kier alpha value is -2.73. The number of hydrogen-bond donors (Lipinski definition) is 3. The number of aromatic amines is 1. The van der Waals surface area contributed by atoms with Gasteiger partial charge in [-0.1, -0.05) is 11.6 Å². The van der Waals surface area contributed by atoms with Gasteiger partial charge in [0.05, 0.1) is 12.2 Å². The van der Waals surface area contributed by atoms with Gasteiger partial charge in [0.1, 0.15) is 5.75 Å². The highest BCUT2D eigenvalue weighted by atomic mass is 35.5. The number of aliphatic hydroxyl groups excluding tert-OH is 1. The first-order chi connectivity index (χ1) is 15.3. The quantitative estimate of drug-likeness (QED) is 0.336. The van der Waals surface area contributed by atoms with Gasteiger partial charge < -0.3 is 20.1 Å². The number of aliphatic hydroxyl groups is 1. The van der Waals surface area contributed by atoms with Gasteiger partial charge in [0.15, 0.2) is 0 Å². The molecule has 3 N–H and O–H groups in total. The van der Waals surface area contributed by atoms with Crippen molar-refractivity contribution in [2.45, 2.75) is 38.0 Å². The molecule has 1 aromatic carbocycles. The van der Waals surface area contributed by atoms with Crippen molar-refractivity contribution in [3.8, 4) is 5.75 Å². The van der Waals surface area contributed by atoms with E-state index in [1.165, 1.54) is 36.5 Å². The molecule has 0 saturated carbocycles. The third-order valence-corrected chi connectivity index (χ3v) is 3.94. The number of carbonyl (C=O) groups excluding carboxylic acids is 1. The maximum Gasteiger partial charge on any atom is 0.389 e. The highest BCUT2D eigenvalue weighted by molar-refractivity contribution is 6.31. The predicted molar refractivity (Wildman–Crippen MR) is 110 cm³/mol. The summed E-state index contributed by atoms with van der Waals surface area (Å²) < 4.78 is 75.2. The number of H-pyrrole nitrogens is 1. The van der Waals surface area contributed by atoms with Crippen molar-refractivity contribution in [1.29, 1.82) is 0 Å². The Kier molecular flexibility index (Phi) is 11.2. The standard InChI is InChI=1S/C16H14ClF3N2O3.C4H7F3O/c17-10-2-3-12(13(8-10)25-7-1-5-16(18,19)20)15(24)22-11-4-6-21-14(23)9-11;5-4(6,7)2-1-3-8/h2-4,6,8-9H,1,5,7H2,(H2,21,22,23,24);8H,1-3H2. The second-order valence-corrected chi connectivity index (χ2v) is 6.98. The summed E-state index contributed by atoms with van der Waals surface area (Å²) in [6, 6.07) is 6.87. The number of amides is 1. The molecule has 0 fully saturated rings. The summed E-state index contributed by atoms with van der Waals surface area (Å²) in [6.07, 6.45) is -9.31. The summed E-state index contributed by atoms with van der Waals surface area (Å²) in [4.78, 5) is 26.0. The summed E-state index contributed by atoms with van der Waals surface area (Å²) in [5.74, 6) is -0.509.